The fourth-order valence-corrected chi connectivity index (χ4v) is 2.69. The van der Waals surface area contributed by atoms with Crippen molar-refractivity contribution in [3.05, 3.63) is 29.8 Å². The normalized spacial score (nSPS) is 20.8. The molecular weight excluding hydrogens is 240 g/mol. The van der Waals surface area contributed by atoms with E-state index in [1.54, 1.807) is 12.1 Å². The number of hydrogen-bond donors (Lipinski definition) is 1. The monoisotopic (exact) mass is 257 g/mol. The number of halogens is 2. The third-order valence-corrected chi connectivity index (χ3v) is 3.77. The van der Waals surface area contributed by atoms with Gasteiger partial charge in [0.25, 0.3) is 5.76 Å². The molecular formula is C13H17F2NS. The number of piperidine rings is 1. The predicted octanol–water partition coefficient (Wildman–Crippen LogP) is 3.69. The molecule has 1 aliphatic heterocycles. The average molecular weight is 257 g/mol. The maximum atomic E-state index is 12.1. The fourth-order valence-electron chi connectivity index (χ4n) is 2.19. The lowest BCUT2D eigenvalue weighted by Gasteiger charge is -2.23. The van der Waals surface area contributed by atoms with Crippen LogP contribution in [-0.2, 0) is 6.42 Å². The highest BCUT2D eigenvalue weighted by Crippen LogP contribution is 2.25. The lowest BCUT2D eigenvalue weighted by atomic mass is 9.98. The van der Waals surface area contributed by atoms with E-state index in [2.05, 4.69) is 5.32 Å². The van der Waals surface area contributed by atoms with Gasteiger partial charge in [0, 0.05) is 10.9 Å². The molecule has 1 saturated heterocycles. The van der Waals surface area contributed by atoms with Crippen LogP contribution in [0.1, 0.15) is 24.8 Å². The number of nitrogens with one attached hydrogen (secondary N) is 1. The van der Waals surface area contributed by atoms with E-state index in [9.17, 15) is 8.78 Å². The molecule has 1 atom stereocenters. The number of rotatable bonds is 4. The summed E-state index contributed by atoms with van der Waals surface area (Å²) in [7, 11) is 0. The Labute approximate surface area is 105 Å². The molecule has 0 aromatic heterocycles. The van der Waals surface area contributed by atoms with E-state index < -0.39 is 5.76 Å². The first-order chi connectivity index (χ1) is 8.24. The second-order valence-electron chi connectivity index (χ2n) is 4.37. The first-order valence-corrected chi connectivity index (χ1v) is 6.89. The van der Waals surface area contributed by atoms with Crippen molar-refractivity contribution in [2.24, 2.45) is 0 Å². The molecule has 1 N–H and O–H groups in total. The Morgan fingerprint density at radius 2 is 2.00 bits per heavy atom. The Balaban J connectivity index is 1.88. The van der Waals surface area contributed by atoms with Gasteiger partial charge in [-0.15, -0.1) is 0 Å². The zero-order valence-electron chi connectivity index (χ0n) is 9.66. The molecule has 1 fully saturated rings. The zero-order valence-corrected chi connectivity index (χ0v) is 10.5. The van der Waals surface area contributed by atoms with E-state index >= 15 is 0 Å². The Hall–Kier alpha value is -0.610. The molecule has 17 heavy (non-hydrogen) atoms. The Bertz CT molecular complexity index is 334. The van der Waals surface area contributed by atoms with E-state index in [1.165, 1.54) is 24.8 Å². The average Bonchev–Trinajstić information content (AvgIpc) is 2.32. The molecule has 0 bridgehead atoms. The van der Waals surface area contributed by atoms with Gasteiger partial charge in [0.15, 0.2) is 0 Å². The molecule has 0 amide bonds. The number of benzene rings is 1. The minimum atomic E-state index is -2.33. The van der Waals surface area contributed by atoms with Crippen molar-refractivity contribution in [1.29, 1.82) is 0 Å². The molecule has 94 valence electrons. The van der Waals surface area contributed by atoms with E-state index in [0.717, 1.165) is 13.0 Å². The summed E-state index contributed by atoms with van der Waals surface area (Å²) in [5, 5.41) is 3.49. The van der Waals surface area contributed by atoms with Crippen molar-refractivity contribution in [2.75, 3.05) is 6.54 Å². The Morgan fingerprint density at radius 1 is 1.24 bits per heavy atom. The van der Waals surface area contributed by atoms with Crippen molar-refractivity contribution < 1.29 is 8.78 Å². The number of alkyl halides is 2. The summed E-state index contributed by atoms with van der Waals surface area (Å²) in [4.78, 5) is 0.639. The number of thioether (sulfide) groups is 1. The highest BCUT2D eigenvalue weighted by molar-refractivity contribution is 7.99. The van der Waals surface area contributed by atoms with Crippen LogP contribution >= 0.6 is 11.8 Å². The molecule has 2 rings (SSSR count). The van der Waals surface area contributed by atoms with Crippen LogP contribution in [0.15, 0.2) is 29.2 Å². The van der Waals surface area contributed by atoms with E-state index in [0.29, 0.717) is 22.7 Å². The summed E-state index contributed by atoms with van der Waals surface area (Å²) in [5.41, 5.74) is 1.23. The SMILES string of the molecule is FC(F)Sc1ccc(CC2CCCCN2)cc1. The van der Waals surface area contributed by atoms with Gasteiger partial charge in [-0.3, -0.25) is 0 Å². The van der Waals surface area contributed by atoms with Gasteiger partial charge in [0.05, 0.1) is 0 Å². The van der Waals surface area contributed by atoms with E-state index in [-0.39, 0.29) is 0 Å². The van der Waals surface area contributed by atoms with Crippen molar-refractivity contribution in [1.82, 2.24) is 5.32 Å². The number of hydrogen-bond acceptors (Lipinski definition) is 2. The highest BCUT2D eigenvalue weighted by atomic mass is 32.2. The summed E-state index contributed by atoms with van der Waals surface area (Å²) >= 11 is 0.604. The molecule has 0 saturated carbocycles. The summed E-state index contributed by atoms with van der Waals surface area (Å²) < 4.78 is 24.3. The van der Waals surface area contributed by atoms with Gasteiger partial charge >= 0.3 is 0 Å². The molecule has 1 nitrogen and oxygen atoms in total. The van der Waals surface area contributed by atoms with Crippen LogP contribution in [0.2, 0.25) is 0 Å². The first kappa shape index (κ1) is 12.8. The van der Waals surface area contributed by atoms with Crippen LogP contribution in [0, 0.1) is 0 Å². The van der Waals surface area contributed by atoms with Crippen LogP contribution in [0.4, 0.5) is 8.78 Å². The van der Waals surface area contributed by atoms with Gasteiger partial charge in [0.1, 0.15) is 0 Å². The molecule has 1 unspecified atom stereocenters. The van der Waals surface area contributed by atoms with Gasteiger partial charge in [0.2, 0.25) is 0 Å². The maximum Gasteiger partial charge on any atom is 0.288 e. The van der Waals surface area contributed by atoms with Gasteiger partial charge in [-0.2, -0.15) is 8.78 Å². The zero-order chi connectivity index (χ0) is 12.1. The highest BCUT2D eigenvalue weighted by Gasteiger charge is 2.13. The van der Waals surface area contributed by atoms with E-state index in [1.807, 2.05) is 12.1 Å². The topological polar surface area (TPSA) is 12.0 Å². The second kappa shape index (κ2) is 6.36. The first-order valence-electron chi connectivity index (χ1n) is 6.01. The largest absolute Gasteiger partial charge is 0.314 e. The minimum Gasteiger partial charge on any atom is -0.314 e. The lowest BCUT2D eigenvalue weighted by Crippen LogP contribution is -2.35. The third-order valence-electron chi connectivity index (χ3n) is 3.04. The maximum absolute atomic E-state index is 12.1. The van der Waals surface area contributed by atoms with Crippen LogP contribution in [0.25, 0.3) is 0 Å². The second-order valence-corrected chi connectivity index (χ2v) is 5.44. The third kappa shape index (κ3) is 4.28. The summed E-state index contributed by atoms with van der Waals surface area (Å²) in [5.74, 6) is -2.33. The van der Waals surface area contributed by atoms with Crippen molar-refractivity contribution in [2.45, 2.75) is 42.4 Å². The lowest BCUT2D eigenvalue weighted by molar-refractivity contribution is 0.252. The Kier molecular flexibility index (Phi) is 4.80. The molecule has 1 aromatic carbocycles. The standard InChI is InChI=1S/C13H17F2NS/c14-13(15)17-12-6-4-10(5-7-12)9-11-3-1-2-8-16-11/h4-7,11,13,16H,1-3,8-9H2. The van der Waals surface area contributed by atoms with E-state index in [4.69, 9.17) is 0 Å². The quantitative estimate of drug-likeness (QED) is 0.826. The summed E-state index contributed by atoms with van der Waals surface area (Å²) in [6, 6.07) is 8.05. The molecule has 0 radical (unpaired) electrons. The van der Waals surface area contributed by atoms with Crippen LogP contribution < -0.4 is 5.32 Å². The Morgan fingerprint density at radius 3 is 2.59 bits per heavy atom. The van der Waals surface area contributed by atoms with Crippen LogP contribution in [0.3, 0.4) is 0 Å². The van der Waals surface area contributed by atoms with Crippen LogP contribution in [0.5, 0.6) is 0 Å². The van der Waals surface area contributed by atoms with Crippen molar-refractivity contribution in [3.8, 4) is 0 Å². The molecule has 1 aromatic rings. The molecule has 0 spiro atoms. The molecule has 4 heteroatoms. The predicted molar refractivity (Wildman–Crippen MR) is 67.6 cm³/mol. The molecule has 1 aliphatic rings. The van der Waals surface area contributed by atoms with Crippen molar-refractivity contribution >= 4 is 11.8 Å². The smallest absolute Gasteiger partial charge is 0.288 e. The molecule has 0 aliphatic carbocycles. The van der Waals surface area contributed by atoms with Gasteiger partial charge in [-0.05, 0) is 43.5 Å². The minimum absolute atomic E-state index is 0.553. The summed E-state index contributed by atoms with van der Waals surface area (Å²) in [6.45, 7) is 1.10. The van der Waals surface area contributed by atoms with Gasteiger partial charge in [-0.1, -0.05) is 30.3 Å². The van der Waals surface area contributed by atoms with Gasteiger partial charge < -0.3 is 5.32 Å². The summed E-state index contributed by atoms with van der Waals surface area (Å²) in [6.07, 6.45) is 4.77. The fraction of sp³-hybridized carbons (Fsp3) is 0.538. The molecule has 1 heterocycles. The van der Waals surface area contributed by atoms with Crippen LogP contribution in [-0.4, -0.2) is 18.3 Å². The van der Waals surface area contributed by atoms with Crippen molar-refractivity contribution in [3.63, 3.8) is 0 Å². The van der Waals surface area contributed by atoms with Gasteiger partial charge in [-0.25, -0.2) is 0 Å².